The van der Waals surface area contributed by atoms with Crippen LogP contribution in [-0.4, -0.2) is 38.2 Å². The van der Waals surface area contributed by atoms with Crippen LogP contribution in [0.25, 0.3) is 0 Å². The minimum Gasteiger partial charge on any atom is -0.361 e. The molecule has 8 heteroatoms. The summed E-state index contributed by atoms with van der Waals surface area (Å²) in [5.74, 6) is 0.834. The number of hydrogen-bond donors (Lipinski definition) is 2. The minimum absolute atomic E-state index is 0.0355. The molecule has 1 aromatic carbocycles. The van der Waals surface area contributed by atoms with Crippen LogP contribution >= 0.6 is 11.8 Å². The SMILES string of the molecule is C1=NNCC1.CCN1CSc2cc(S(=O)(=O)O)ccc21. The first-order valence-corrected chi connectivity index (χ1v) is 8.68. The van der Waals surface area contributed by atoms with Crippen LogP contribution in [0.15, 0.2) is 33.1 Å². The van der Waals surface area contributed by atoms with Crippen molar-refractivity contribution in [1.29, 1.82) is 0 Å². The van der Waals surface area contributed by atoms with Crippen molar-refractivity contribution >= 4 is 33.8 Å². The predicted molar refractivity (Wildman–Crippen MR) is 81.1 cm³/mol. The molecule has 0 bridgehead atoms. The van der Waals surface area contributed by atoms with Crippen molar-refractivity contribution in [3.05, 3.63) is 18.2 Å². The van der Waals surface area contributed by atoms with Crippen molar-refractivity contribution < 1.29 is 13.0 Å². The third-order valence-corrected chi connectivity index (χ3v) is 4.82. The van der Waals surface area contributed by atoms with Gasteiger partial charge in [0.05, 0.1) is 16.5 Å². The first-order chi connectivity index (χ1) is 9.52. The Balaban J connectivity index is 0.000000247. The van der Waals surface area contributed by atoms with E-state index in [1.165, 1.54) is 12.1 Å². The topological polar surface area (TPSA) is 82.0 Å². The van der Waals surface area contributed by atoms with Gasteiger partial charge in [0.2, 0.25) is 0 Å². The van der Waals surface area contributed by atoms with Gasteiger partial charge in [0.15, 0.2) is 0 Å². The quantitative estimate of drug-likeness (QED) is 0.810. The highest BCUT2D eigenvalue weighted by atomic mass is 32.2. The van der Waals surface area contributed by atoms with E-state index in [0.717, 1.165) is 36.0 Å². The molecular formula is C12H17N3O3S2. The van der Waals surface area contributed by atoms with E-state index in [1.807, 2.05) is 13.1 Å². The van der Waals surface area contributed by atoms with Crippen molar-refractivity contribution in [2.45, 2.75) is 23.1 Å². The Labute approximate surface area is 123 Å². The van der Waals surface area contributed by atoms with Crippen LogP contribution < -0.4 is 10.3 Å². The molecular weight excluding hydrogens is 298 g/mol. The molecule has 3 rings (SSSR count). The fourth-order valence-corrected chi connectivity index (χ4v) is 3.59. The smallest absolute Gasteiger partial charge is 0.294 e. The predicted octanol–water partition coefficient (Wildman–Crippen LogP) is 1.79. The lowest BCUT2D eigenvalue weighted by atomic mass is 10.3. The molecule has 110 valence electrons. The lowest BCUT2D eigenvalue weighted by molar-refractivity contribution is 0.483. The number of thioether (sulfide) groups is 1. The number of nitrogens with one attached hydrogen (secondary N) is 1. The third kappa shape index (κ3) is 3.65. The molecule has 0 saturated heterocycles. The summed E-state index contributed by atoms with van der Waals surface area (Å²) < 4.78 is 30.7. The van der Waals surface area contributed by atoms with Gasteiger partial charge in [0.25, 0.3) is 10.1 Å². The average Bonchev–Trinajstić information content (AvgIpc) is 3.09. The van der Waals surface area contributed by atoms with Gasteiger partial charge >= 0.3 is 0 Å². The van der Waals surface area contributed by atoms with Crippen LogP contribution in [0.1, 0.15) is 13.3 Å². The summed E-state index contributed by atoms with van der Waals surface area (Å²) in [5.41, 5.74) is 3.83. The molecule has 0 fully saturated rings. The first kappa shape index (κ1) is 15.1. The highest BCUT2D eigenvalue weighted by Crippen LogP contribution is 2.39. The normalized spacial score (nSPS) is 16.4. The average molecular weight is 315 g/mol. The first-order valence-electron chi connectivity index (χ1n) is 6.26. The lowest BCUT2D eigenvalue weighted by Crippen LogP contribution is -2.17. The fourth-order valence-electron chi connectivity index (χ4n) is 1.83. The van der Waals surface area contributed by atoms with Gasteiger partial charge < -0.3 is 10.3 Å². The molecule has 0 spiro atoms. The number of hydrogen-bond acceptors (Lipinski definition) is 6. The number of benzene rings is 1. The van der Waals surface area contributed by atoms with Gasteiger partial charge in [-0.2, -0.15) is 13.5 Å². The van der Waals surface area contributed by atoms with Gasteiger partial charge in [0.1, 0.15) is 0 Å². The van der Waals surface area contributed by atoms with Gasteiger partial charge in [-0.15, -0.1) is 11.8 Å². The summed E-state index contributed by atoms with van der Waals surface area (Å²) >= 11 is 1.58. The molecule has 0 amide bonds. The van der Waals surface area contributed by atoms with Crippen molar-refractivity contribution in [3.8, 4) is 0 Å². The molecule has 2 aliphatic heterocycles. The van der Waals surface area contributed by atoms with Crippen LogP contribution in [0.3, 0.4) is 0 Å². The number of nitrogens with zero attached hydrogens (tertiary/aromatic N) is 2. The molecule has 2 aliphatic rings. The Morgan fingerprint density at radius 3 is 2.80 bits per heavy atom. The van der Waals surface area contributed by atoms with Gasteiger partial charge in [-0.05, 0) is 25.1 Å². The number of rotatable bonds is 2. The number of anilines is 1. The number of fused-ring (bicyclic) bond motifs is 1. The summed E-state index contributed by atoms with van der Waals surface area (Å²) in [4.78, 5) is 3.02. The summed E-state index contributed by atoms with van der Waals surface area (Å²) in [6.45, 7) is 3.97. The zero-order chi connectivity index (χ0) is 14.6. The molecule has 0 radical (unpaired) electrons. The van der Waals surface area contributed by atoms with Crippen LogP contribution in [0, 0.1) is 0 Å². The van der Waals surface area contributed by atoms with E-state index in [1.54, 1.807) is 17.8 Å². The second-order valence-electron chi connectivity index (χ2n) is 4.24. The molecule has 20 heavy (non-hydrogen) atoms. The Morgan fingerprint density at radius 2 is 2.30 bits per heavy atom. The minimum atomic E-state index is -4.08. The monoisotopic (exact) mass is 315 g/mol. The molecule has 0 atom stereocenters. The standard InChI is InChI=1S/C9H11NO3S2.C3H6N2/c1-2-10-6-14-9-5-7(15(11,12)13)3-4-8(9)10;1-2-4-5-3-1/h3-5H,2,6H2,1H3,(H,11,12,13);2,5H,1,3H2. The van der Waals surface area contributed by atoms with Gasteiger partial charge in [0, 0.05) is 30.6 Å². The second kappa shape index (κ2) is 6.47. The molecule has 0 saturated carbocycles. The summed E-state index contributed by atoms with van der Waals surface area (Å²) in [6, 6.07) is 4.69. The van der Waals surface area contributed by atoms with E-state index < -0.39 is 10.1 Å². The second-order valence-corrected chi connectivity index (χ2v) is 6.65. The van der Waals surface area contributed by atoms with E-state index in [9.17, 15) is 8.42 Å². The molecule has 1 aromatic rings. The lowest BCUT2D eigenvalue weighted by Gasteiger charge is -2.15. The number of hydrazone groups is 1. The summed E-state index contributed by atoms with van der Waals surface area (Å²) in [6.07, 6.45) is 2.97. The largest absolute Gasteiger partial charge is 0.361 e. The maximum Gasteiger partial charge on any atom is 0.294 e. The van der Waals surface area contributed by atoms with E-state index in [-0.39, 0.29) is 4.90 Å². The van der Waals surface area contributed by atoms with E-state index in [2.05, 4.69) is 15.4 Å². The molecule has 0 aromatic heterocycles. The summed E-state index contributed by atoms with van der Waals surface area (Å²) in [5, 5.41) is 3.71. The van der Waals surface area contributed by atoms with Gasteiger partial charge in [-0.3, -0.25) is 4.55 Å². The zero-order valence-electron chi connectivity index (χ0n) is 11.1. The third-order valence-electron chi connectivity index (χ3n) is 2.90. The van der Waals surface area contributed by atoms with Crippen LogP contribution in [0.5, 0.6) is 0 Å². The van der Waals surface area contributed by atoms with Crippen LogP contribution in [-0.2, 0) is 10.1 Å². The van der Waals surface area contributed by atoms with E-state index in [0.29, 0.717) is 0 Å². The molecule has 6 nitrogen and oxygen atoms in total. The Hall–Kier alpha value is -1.25. The van der Waals surface area contributed by atoms with Crippen molar-refractivity contribution in [1.82, 2.24) is 5.43 Å². The molecule has 0 aliphatic carbocycles. The zero-order valence-corrected chi connectivity index (χ0v) is 12.7. The molecule has 2 N–H and O–H groups in total. The molecule has 0 unspecified atom stereocenters. The van der Waals surface area contributed by atoms with Gasteiger partial charge in [-0.25, -0.2) is 0 Å². The molecule has 2 heterocycles. The fraction of sp³-hybridized carbons (Fsp3) is 0.417. The Bertz CT molecular complexity index is 596. The maximum absolute atomic E-state index is 10.9. The maximum atomic E-state index is 10.9. The highest BCUT2D eigenvalue weighted by molar-refractivity contribution is 8.00. The van der Waals surface area contributed by atoms with Crippen molar-refractivity contribution in [2.24, 2.45) is 5.10 Å². The highest BCUT2D eigenvalue weighted by Gasteiger charge is 2.21. The Morgan fingerprint density at radius 1 is 1.50 bits per heavy atom. The van der Waals surface area contributed by atoms with Crippen LogP contribution in [0.4, 0.5) is 5.69 Å². The van der Waals surface area contributed by atoms with E-state index >= 15 is 0 Å². The van der Waals surface area contributed by atoms with E-state index in [4.69, 9.17) is 4.55 Å². The van der Waals surface area contributed by atoms with Crippen molar-refractivity contribution in [3.63, 3.8) is 0 Å². The van der Waals surface area contributed by atoms with Gasteiger partial charge in [-0.1, -0.05) is 0 Å². The Kier molecular flexibility index (Phi) is 4.90. The van der Waals surface area contributed by atoms with Crippen LogP contribution in [0.2, 0.25) is 0 Å². The summed E-state index contributed by atoms with van der Waals surface area (Å²) in [7, 11) is -4.08. The van der Waals surface area contributed by atoms with Crippen molar-refractivity contribution in [2.75, 3.05) is 23.9 Å².